The van der Waals surface area contributed by atoms with Crippen molar-refractivity contribution in [1.29, 1.82) is 5.26 Å². The van der Waals surface area contributed by atoms with Crippen LogP contribution in [0.3, 0.4) is 0 Å². The van der Waals surface area contributed by atoms with Gasteiger partial charge < -0.3 is 5.73 Å². The molecule has 0 saturated carbocycles. The van der Waals surface area contributed by atoms with Crippen molar-refractivity contribution in [1.82, 2.24) is 0 Å². The molecule has 0 heterocycles. The Morgan fingerprint density at radius 1 is 1.53 bits per heavy atom. The molecule has 0 aliphatic heterocycles. The zero-order chi connectivity index (χ0) is 12.7. The minimum absolute atomic E-state index is 0.341. The van der Waals surface area contributed by atoms with Gasteiger partial charge >= 0.3 is 0 Å². The summed E-state index contributed by atoms with van der Waals surface area (Å²) in [6, 6.07) is 9.31. The van der Waals surface area contributed by atoms with Crippen molar-refractivity contribution < 1.29 is 0 Å². The Labute approximate surface area is 110 Å². The molecular formula is C11H15ClN4S. The largest absolute Gasteiger partial charge is 0.301 e. The maximum Gasteiger partial charge on any atom is 0.140 e. The Morgan fingerprint density at radius 3 is 2.94 bits per heavy atom. The fourth-order valence-electron chi connectivity index (χ4n) is 1.22. The number of nitriles is 1. The highest BCUT2D eigenvalue weighted by molar-refractivity contribution is 7.99. The molecule has 0 aliphatic carbocycles. The van der Waals surface area contributed by atoms with E-state index in [0.29, 0.717) is 11.4 Å². The number of unbranched alkanes of at least 4 members (excludes halogenated alkanes) is 1. The standard InChI is InChI=1S/C11H15ClN4S/c12-9-4-3-5-10(8-9)16(15)11(14)17-7-2-1-6-13/h3-5,8,11H,1-2,7,14-15H2. The van der Waals surface area contributed by atoms with E-state index in [2.05, 4.69) is 6.07 Å². The highest BCUT2D eigenvalue weighted by Crippen LogP contribution is 2.21. The maximum absolute atomic E-state index is 8.41. The summed E-state index contributed by atoms with van der Waals surface area (Å²) in [7, 11) is 0. The molecule has 0 aromatic heterocycles. The molecule has 4 nitrogen and oxygen atoms in total. The van der Waals surface area contributed by atoms with Crippen LogP contribution in [-0.4, -0.2) is 11.3 Å². The van der Waals surface area contributed by atoms with Crippen LogP contribution in [0.15, 0.2) is 24.3 Å². The van der Waals surface area contributed by atoms with Gasteiger partial charge in [-0.2, -0.15) is 5.26 Å². The molecular weight excluding hydrogens is 256 g/mol. The number of nitrogens with zero attached hydrogens (tertiary/aromatic N) is 2. The van der Waals surface area contributed by atoms with Crippen molar-refractivity contribution in [2.45, 2.75) is 18.3 Å². The molecule has 1 unspecified atom stereocenters. The summed E-state index contributed by atoms with van der Waals surface area (Å²) in [5.74, 6) is 6.69. The van der Waals surface area contributed by atoms with E-state index >= 15 is 0 Å². The quantitative estimate of drug-likeness (QED) is 0.359. The fraction of sp³-hybridized carbons (Fsp3) is 0.364. The Bertz CT molecular complexity index is 393. The topological polar surface area (TPSA) is 79.1 Å². The van der Waals surface area contributed by atoms with Crippen LogP contribution in [0, 0.1) is 11.3 Å². The maximum atomic E-state index is 8.41. The summed E-state index contributed by atoms with van der Waals surface area (Å²) in [6.45, 7) is 0. The molecule has 0 spiro atoms. The third-order valence-electron chi connectivity index (χ3n) is 2.10. The molecule has 0 amide bonds. The van der Waals surface area contributed by atoms with Crippen molar-refractivity contribution in [3.05, 3.63) is 29.3 Å². The number of rotatable bonds is 6. The monoisotopic (exact) mass is 270 g/mol. The first-order valence-electron chi connectivity index (χ1n) is 5.19. The molecule has 92 valence electrons. The summed E-state index contributed by atoms with van der Waals surface area (Å²) in [5, 5.41) is 10.5. The zero-order valence-electron chi connectivity index (χ0n) is 9.34. The fourth-order valence-corrected chi connectivity index (χ4v) is 2.24. The number of hydrogen-bond donors (Lipinski definition) is 2. The van der Waals surface area contributed by atoms with Gasteiger partial charge in [0.25, 0.3) is 0 Å². The van der Waals surface area contributed by atoms with E-state index in [1.165, 1.54) is 16.8 Å². The van der Waals surface area contributed by atoms with E-state index in [1.807, 2.05) is 12.1 Å². The number of thioether (sulfide) groups is 1. The second-order valence-corrected chi connectivity index (χ2v) is 5.07. The Kier molecular flexibility index (Phi) is 6.16. The highest BCUT2D eigenvalue weighted by atomic mass is 35.5. The van der Waals surface area contributed by atoms with E-state index in [0.717, 1.165) is 17.9 Å². The molecule has 0 aliphatic rings. The van der Waals surface area contributed by atoms with Crippen molar-refractivity contribution in [2.24, 2.45) is 11.6 Å². The second-order valence-electron chi connectivity index (χ2n) is 3.41. The molecule has 1 atom stereocenters. The zero-order valence-corrected chi connectivity index (χ0v) is 10.9. The van der Waals surface area contributed by atoms with E-state index < -0.39 is 0 Å². The van der Waals surface area contributed by atoms with Crippen LogP contribution < -0.4 is 16.6 Å². The van der Waals surface area contributed by atoms with Crippen LogP contribution in [-0.2, 0) is 0 Å². The third kappa shape index (κ3) is 4.84. The summed E-state index contributed by atoms with van der Waals surface area (Å²) in [5.41, 5.74) is 6.35. The number of anilines is 1. The number of nitrogens with two attached hydrogens (primary N) is 2. The molecule has 0 radical (unpaired) electrons. The predicted octanol–water partition coefficient (Wildman–Crippen LogP) is 2.30. The summed E-state index contributed by atoms with van der Waals surface area (Å²) < 4.78 is 0. The van der Waals surface area contributed by atoms with Crippen LogP contribution >= 0.6 is 23.4 Å². The third-order valence-corrected chi connectivity index (χ3v) is 3.43. The van der Waals surface area contributed by atoms with Gasteiger partial charge in [0, 0.05) is 11.4 Å². The lowest BCUT2D eigenvalue weighted by Gasteiger charge is -2.25. The molecule has 1 rings (SSSR count). The van der Waals surface area contributed by atoms with Gasteiger partial charge in [0.05, 0.1) is 11.8 Å². The lowest BCUT2D eigenvalue weighted by atomic mass is 10.3. The Hall–Kier alpha value is -0.930. The van der Waals surface area contributed by atoms with Crippen LogP contribution in [0.1, 0.15) is 12.8 Å². The average molecular weight is 271 g/mol. The van der Waals surface area contributed by atoms with Gasteiger partial charge in [0.2, 0.25) is 0 Å². The SMILES string of the molecule is N#CCCCSC(N)N(N)c1cccc(Cl)c1. The van der Waals surface area contributed by atoms with Crippen LogP contribution in [0.4, 0.5) is 5.69 Å². The number of benzene rings is 1. The van der Waals surface area contributed by atoms with Crippen LogP contribution in [0.5, 0.6) is 0 Å². The lowest BCUT2D eigenvalue weighted by molar-refractivity contribution is 0.810. The highest BCUT2D eigenvalue weighted by Gasteiger charge is 2.11. The van der Waals surface area contributed by atoms with Crippen molar-refractivity contribution in [3.8, 4) is 6.07 Å². The lowest BCUT2D eigenvalue weighted by Crippen LogP contribution is -2.45. The molecule has 17 heavy (non-hydrogen) atoms. The van der Waals surface area contributed by atoms with Gasteiger partial charge in [0.15, 0.2) is 0 Å². The molecule has 1 aromatic rings. The first-order valence-corrected chi connectivity index (χ1v) is 6.61. The molecule has 0 saturated heterocycles. The smallest absolute Gasteiger partial charge is 0.140 e. The van der Waals surface area contributed by atoms with Gasteiger partial charge in [-0.15, -0.1) is 11.8 Å². The van der Waals surface area contributed by atoms with E-state index in [1.54, 1.807) is 12.1 Å². The number of hydrazine groups is 1. The van der Waals surface area contributed by atoms with Gasteiger partial charge in [-0.25, -0.2) is 5.84 Å². The summed E-state index contributed by atoms with van der Waals surface area (Å²) in [4.78, 5) is 0. The average Bonchev–Trinajstić information content (AvgIpc) is 2.33. The van der Waals surface area contributed by atoms with Crippen LogP contribution in [0.2, 0.25) is 5.02 Å². The van der Waals surface area contributed by atoms with Gasteiger partial charge in [0.1, 0.15) is 5.50 Å². The summed E-state index contributed by atoms with van der Waals surface area (Å²) >= 11 is 7.38. The molecule has 4 N–H and O–H groups in total. The Morgan fingerprint density at radius 2 is 2.29 bits per heavy atom. The molecule has 1 aromatic carbocycles. The van der Waals surface area contributed by atoms with Gasteiger partial charge in [-0.1, -0.05) is 17.7 Å². The minimum atomic E-state index is -0.341. The molecule has 6 heteroatoms. The molecule has 0 fully saturated rings. The van der Waals surface area contributed by atoms with E-state index in [-0.39, 0.29) is 5.50 Å². The van der Waals surface area contributed by atoms with E-state index in [9.17, 15) is 0 Å². The second kappa shape index (κ2) is 7.41. The van der Waals surface area contributed by atoms with Crippen molar-refractivity contribution in [2.75, 3.05) is 10.8 Å². The number of hydrogen-bond acceptors (Lipinski definition) is 5. The normalized spacial score (nSPS) is 11.9. The van der Waals surface area contributed by atoms with Gasteiger partial charge in [-0.05, 0) is 30.4 Å². The number of halogens is 1. The van der Waals surface area contributed by atoms with Crippen molar-refractivity contribution >= 4 is 29.1 Å². The Balaban J connectivity index is 2.46. The predicted molar refractivity (Wildman–Crippen MR) is 73.4 cm³/mol. The van der Waals surface area contributed by atoms with E-state index in [4.69, 9.17) is 28.4 Å². The summed E-state index contributed by atoms with van der Waals surface area (Å²) in [6.07, 6.45) is 1.36. The molecule has 0 bridgehead atoms. The van der Waals surface area contributed by atoms with Gasteiger partial charge in [-0.3, -0.25) is 5.01 Å². The van der Waals surface area contributed by atoms with Crippen LogP contribution in [0.25, 0.3) is 0 Å². The first-order chi connectivity index (χ1) is 8.15. The first kappa shape index (κ1) is 14.1. The van der Waals surface area contributed by atoms with Crippen molar-refractivity contribution in [3.63, 3.8) is 0 Å². The minimum Gasteiger partial charge on any atom is -0.301 e.